The van der Waals surface area contributed by atoms with Crippen molar-refractivity contribution in [2.45, 2.75) is 6.42 Å². The van der Waals surface area contributed by atoms with Gasteiger partial charge in [-0.3, -0.25) is 4.79 Å². The van der Waals surface area contributed by atoms with E-state index < -0.39 is 0 Å². The molecule has 0 saturated carbocycles. The summed E-state index contributed by atoms with van der Waals surface area (Å²) in [5.41, 5.74) is 0.812. The number of aromatic nitrogens is 1. The predicted molar refractivity (Wildman–Crippen MR) is 83.2 cm³/mol. The summed E-state index contributed by atoms with van der Waals surface area (Å²) in [5, 5.41) is 4.74. The summed E-state index contributed by atoms with van der Waals surface area (Å²) in [6, 6.07) is 15.9. The van der Waals surface area contributed by atoms with Crippen molar-refractivity contribution in [2.24, 2.45) is 0 Å². The highest BCUT2D eigenvalue weighted by atomic mass is 19.1. The third-order valence-electron chi connectivity index (χ3n) is 3.37. The Kier molecular flexibility index (Phi) is 3.69. The van der Waals surface area contributed by atoms with Gasteiger partial charge >= 0.3 is 0 Å². The first kappa shape index (κ1) is 13.4. The molecule has 3 rings (SSSR count). The second-order valence-electron chi connectivity index (χ2n) is 4.91. The summed E-state index contributed by atoms with van der Waals surface area (Å²) in [7, 11) is 0. The van der Waals surface area contributed by atoms with Crippen LogP contribution in [0.3, 0.4) is 0 Å². The average molecular weight is 282 g/mol. The number of H-pyrrole nitrogens is 1. The van der Waals surface area contributed by atoms with E-state index in [-0.39, 0.29) is 11.4 Å². The lowest BCUT2D eigenvalue weighted by Crippen LogP contribution is -2.12. The summed E-state index contributed by atoms with van der Waals surface area (Å²) < 4.78 is 13.1. The molecule has 106 valence electrons. The Morgan fingerprint density at radius 3 is 2.76 bits per heavy atom. The molecule has 3 aromatic rings. The summed E-state index contributed by atoms with van der Waals surface area (Å²) in [6.07, 6.45) is 0.687. The molecular formula is C17H15FN2O. The van der Waals surface area contributed by atoms with Crippen LogP contribution in [0.2, 0.25) is 0 Å². The fourth-order valence-corrected chi connectivity index (χ4v) is 2.34. The molecule has 2 N–H and O–H groups in total. The Morgan fingerprint density at radius 2 is 1.90 bits per heavy atom. The first-order chi connectivity index (χ1) is 10.2. The highest BCUT2D eigenvalue weighted by Crippen LogP contribution is 2.12. The van der Waals surface area contributed by atoms with Crippen LogP contribution in [-0.2, 0) is 6.42 Å². The van der Waals surface area contributed by atoms with Crippen LogP contribution in [0.1, 0.15) is 5.56 Å². The lowest BCUT2D eigenvalue weighted by Gasteiger charge is -2.07. The highest BCUT2D eigenvalue weighted by Gasteiger charge is 2.01. The van der Waals surface area contributed by atoms with Crippen molar-refractivity contribution in [1.29, 1.82) is 0 Å². The Bertz CT molecular complexity index is 826. The highest BCUT2D eigenvalue weighted by molar-refractivity contribution is 5.83. The largest absolute Gasteiger partial charge is 0.371 e. The van der Waals surface area contributed by atoms with E-state index >= 15 is 0 Å². The van der Waals surface area contributed by atoms with Crippen LogP contribution in [-0.4, -0.2) is 11.5 Å². The normalized spacial score (nSPS) is 10.7. The summed E-state index contributed by atoms with van der Waals surface area (Å²) in [4.78, 5) is 14.7. The van der Waals surface area contributed by atoms with Crippen molar-refractivity contribution in [3.05, 3.63) is 76.3 Å². The zero-order chi connectivity index (χ0) is 14.7. The first-order valence-electron chi connectivity index (χ1n) is 6.83. The maximum atomic E-state index is 13.1. The number of benzene rings is 2. The molecule has 21 heavy (non-hydrogen) atoms. The van der Waals surface area contributed by atoms with Crippen LogP contribution < -0.4 is 10.9 Å². The zero-order valence-corrected chi connectivity index (χ0v) is 11.4. The van der Waals surface area contributed by atoms with Crippen molar-refractivity contribution < 1.29 is 4.39 Å². The third-order valence-corrected chi connectivity index (χ3v) is 3.37. The van der Waals surface area contributed by atoms with Crippen LogP contribution in [0.4, 0.5) is 10.2 Å². The Balaban J connectivity index is 1.72. The van der Waals surface area contributed by atoms with Gasteiger partial charge in [0, 0.05) is 11.9 Å². The predicted octanol–water partition coefficient (Wildman–Crippen LogP) is 3.32. The van der Waals surface area contributed by atoms with Crippen molar-refractivity contribution in [2.75, 3.05) is 11.9 Å². The second-order valence-corrected chi connectivity index (χ2v) is 4.91. The van der Waals surface area contributed by atoms with Crippen LogP contribution in [0.5, 0.6) is 0 Å². The molecule has 1 heterocycles. The van der Waals surface area contributed by atoms with Gasteiger partial charge in [0.1, 0.15) is 11.6 Å². The quantitative estimate of drug-likeness (QED) is 0.771. The molecule has 0 fully saturated rings. The molecule has 1 aromatic heterocycles. The lowest BCUT2D eigenvalue weighted by molar-refractivity contribution is 0.625. The number of anilines is 1. The zero-order valence-electron chi connectivity index (χ0n) is 11.4. The molecule has 0 unspecified atom stereocenters. The smallest absolute Gasteiger partial charge is 0.257 e. The van der Waals surface area contributed by atoms with Gasteiger partial charge in [0.15, 0.2) is 0 Å². The standard InChI is InChI=1S/C17H15FN2O/c18-14-6-3-4-12(10-14)8-9-19-16-11-13-5-1-2-7-15(13)17(21)20-16/h1-7,10-11H,8-9H2,(H2,19,20,21). The van der Waals surface area contributed by atoms with Crippen LogP contribution in [0.25, 0.3) is 10.8 Å². The molecular weight excluding hydrogens is 267 g/mol. The molecule has 0 aliphatic rings. The molecule has 0 amide bonds. The van der Waals surface area contributed by atoms with Gasteiger partial charge in [0.2, 0.25) is 0 Å². The van der Waals surface area contributed by atoms with Gasteiger partial charge < -0.3 is 10.3 Å². The lowest BCUT2D eigenvalue weighted by atomic mass is 10.1. The van der Waals surface area contributed by atoms with E-state index in [0.717, 1.165) is 10.9 Å². The minimum atomic E-state index is -0.230. The summed E-state index contributed by atoms with van der Waals surface area (Å²) in [6.45, 7) is 0.623. The van der Waals surface area contributed by atoms with Gasteiger partial charge in [-0.05, 0) is 41.6 Å². The van der Waals surface area contributed by atoms with E-state index in [1.807, 2.05) is 30.3 Å². The topological polar surface area (TPSA) is 44.9 Å². The van der Waals surface area contributed by atoms with E-state index in [2.05, 4.69) is 10.3 Å². The van der Waals surface area contributed by atoms with E-state index in [4.69, 9.17) is 0 Å². The number of fused-ring (bicyclic) bond motifs is 1. The number of aromatic amines is 1. The maximum absolute atomic E-state index is 13.1. The van der Waals surface area contributed by atoms with Gasteiger partial charge in [-0.2, -0.15) is 0 Å². The minimum Gasteiger partial charge on any atom is -0.371 e. The second kappa shape index (κ2) is 5.79. The van der Waals surface area contributed by atoms with Gasteiger partial charge in [-0.15, -0.1) is 0 Å². The van der Waals surface area contributed by atoms with Gasteiger partial charge in [0.05, 0.1) is 0 Å². The Hall–Kier alpha value is -2.62. The van der Waals surface area contributed by atoms with Crippen molar-refractivity contribution in [1.82, 2.24) is 4.98 Å². The Morgan fingerprint density at radius 1 is 1.05 bits per heavy atom. The van der Waals surface area contributed by atoms with E-state index in [1.165, 1.54) is 12.1 Å². The molecule has 0 aliphatic carbocycles. The molecule has 0 bridgehead atoms. The molecule has 0 atom stereocenters. The number of pyridine rings is 1. The number of rotatable bonds is 4. The van der Waals surface area contributed by atoms with E-state index in [9.17, 15) is 9.18 Å². The van der Waals surface area contributed by atoms with Crippen molar-refractivity contribution >= 4 is 16.6 Å². The van der Waals surface area contributed by atoms with Gasteiger partial charge in [0.25, 0.3) is 5.56 Å². The number of nitrogens with one attached hydrogen (secondary N) is 2. The first-order valence-corrected chi connectivity index (χ1v) is 6.83. The molecule has 0 radical (unpaired) electrons. The minimum absolute atomic E-state index is 0.110. The molecule has 0 spiro atoms. The van der Waals surface area contributed by atoms with Crippen LogP contribution >= 0.6 is 0 Å². The molecule has 2 aromatic carbocycles. The average Bonchev–Trinajstić information content (AvgIpc) is 2.47. The fraction of sp³-hybridized carbons (Fsp3) is 0.118. The maximum Gasteiger partial charge on any atom is 0.257 e. The number of halogens is 1. The molecule has 3 nitrogen and oxygen atoms in total. The number of hydrogen-bond acceptors (Lipinski definition) is 2. The third kappa shape index (κ3) is 3.11. The molecule has 4 heteroatoms. The van der Waals surface area contributed by atoms with Crippen molar-refractivity contribution in [3.8, 4) is 0 Å². The van der Waals surface area contributed by atoms with E-state index in [1.54, 1.807) is 12.1 Å². The molecule has 0 saturated heterocycles. The SMILES string of the molecule is O=c1[nH]c(NCCc2cccc(F)c2)cc2ccccc12. The number of hydrogen-bond donors (Lipinski definition) is 2. The molecule has 0 aliphatic heterocycles. The fourth-order valence-electron chi connectivity index (χ4n) is 2.34. The van der Waals surface area contributed by atoms with Crippen molar-refractivity contribution in [3.63, 3.8) is 0 Å². The van der Waals surface area contributed by atoms with Gasteiger partial charge in [-0.25, -0.2) is 4.39 Å². The van der Waals surface area contributed by atoms with Gasteiger partial charge in [-0.1, -0.05) is 30.3 Å². The monoisotopic (exact) mass is 282 g/mol. The van der Waals surface area contributed by atoms with Crippen LogP contribution in [0, 0.1) is 5.82 Å². The van der Waals surface area contributed by atoms with Crippen LogP contribution in [0.15, 0.2) is 59.4 Å². The summed E-state index contributed by atoms with van der Waals surface area (Å²) in [5.74, 6) is 0.446. The van der Waals surface area contributed by atoms with E-state index in [0.29, 0.717) is 24.2 Å². The Labute approximate surface area is 121 Å². The summed E-state index contributed by atoms with van der Waals surface area (Å²) >= 11 is 0.